The minimum absolute atomic E-state index is 0.0314. The SMILES string of the molecule is CC1=CC(C)(C)N(C)c2cc(C)c(/C=C3/SC(=Nc4cccc(Cl)c4)NC3=O)cc21. The number of thioether (sulfide) groups is 1. The van der Waals surface area contributed by atoms with Crippen LogP contribution in [0.4, 0.5) is 11.4 Å². The minimum Gasteiger partial charge on any atom is -0.365 e. The summed E-state index contributed by atoms with van der Waals surface area (Å²) in [5.74, 6) is -0.136. The molecule has 1 fully saturated rings. The van der Waals surface area contributed by atoms with Crippen LogP contribution in [0.25, 0.3) is 11.6 Å². The second-order valence-corrected chi connectivity index (χ2v) is 9.69. The molecule has 1 amide bonds. The van der Waals surface area contributed by atoms with Crippen molar-refractivity contribution >= 4 is 57.5 Å². The van der Waals surface area contributed by atoms with Gasteiger partial charge in [-0.25, -0.2) is 4.99 Å². The molecule has 0 bridgehead atoms. The number of likely N-dealkylation sites (N-methyl/N-ethyl adjacent to an activating group) is 1. The molecule has 0 atom stereocenters. The van der Waals surface area contributed by atoms with Crippen molar-refractivity contribution in [2.45, 2.75) is 33.2 Å². The number of fused-ring (bicyclic) bond motifs is 1. The van der Waals surface area contributed by atoms with Crippen molar-refractivity contribution in [2.75, 3.05) is 11.9 Å². The molecule has 2 aliphatic rings. The molecule has 1 saturated heterocycles. The fraction of sp³-hybridized carbons (Fsp3) is 0.250. The van der Waals surface area contributed by atoms with E-state index in [1.807, 2.05) is 18.2 Å². The molecule has 0 spiro atoms. The molecule has 0 aliphatic carbocycles. The summed E-state index contributed by atoms with van der Waals surface area (Å²) in [5, 5.41) is 4.01. The average Bonchev–Trinajstić information content (AvgIpc) is 2.99. The Labute approximate surface area is 186 Å². The Bertz CT molecular complexity index is 1150. The first kappa shape index (κ1) is 20.8. The van der Waals surface area contributed by atoms with E-state index in [2.05, 4.69) is 68.2 Å². The Kier molecular flexibility index (Phi) is 5.28. The Morgan fingerprint density at radius 3 is 2.70 bits per heavy atom. The van der Waals surface area contributed by atoms with E-state index in [0.717, 1.165) is 11.1 Å². The summed E-state index contributed by atoms with van der Waals surface area (Å²) in [4.78, 5) is 19.9. The van der Waals surface area contributed by atoms with Crippen LogP contribution in [0.2, 0.25) is 5.02 Å². The number of allylic oxidation sites excluding steroid dienone is 1. The first-order chi connectivity index (χ1) is 14.1. The Morgan fingerprint density at radius 1 is 1.20 bits per heavy atom. The summed E-state index contributed by atoms with van der Waals surface area (Å²) in [6, 6.07) is 11.6. The first-order valence-electron chi connectivity index (χ1n) is 9.77. The van der Waals surface area contributed by atoms with Gasteiger partial charge in [0.1, 0.15) is 0 Å². The van der Waals surface area contributed by atoms with Crippen LogP contribution in [-0.4, -0.2) is 23.7 Å². The number of nitrogens with zero attached hydrogens (tertiary/aromatic N) is 2. The number of halogens is 1. The summed E-state index contributed by atoms with van der Waals surface area (Å²) in [6.07, 6.45) is 4.23. The maximum Gasteiger partial charge on any atom is 0.264 e. The zero-order valence-corrected chi connectivity index (χ0v) is 19.3. The predicted octanol–water partition coefficient (Wildman–Crippen LogP) is 6.17. The number of aliphatic imine (C=N–C) groups is 1. The highest BCUT2D eigenvalue weighted by molar-refractivity contribution is 8.18. The second-order valence-electron chi connectivity index (χ2n) is 8.23. The van der Waals surface area contributed by atoms with Gasteiger partial charge in [-0.1, -0.05) is 23.7 Å². The highest BCUT2D eigenvalue weighted by Crippen LogP contribution is 2.40. The van der Waals surface area contributed by atoms with Gasteiger partial charge in [0.15, 0.2) is 5.17 Å². The average molecular weight is 438 g/mol. The molecule has 2 aromatic carbocycles. The monoisotopic (exact) mass is 437 g/mol. The largest absolute Gasteiger partial charge is 0.365 e. The van der Waals surface area contributed by atoms with Crippen LogP contribution in [-0.2, 0) is 4.79 Å². The van der Waals surface area contributed by atoms with Crippen LogP contribution in [0.3, 0.4) is 0 Å². The third-order valence-corrected chi connectivity index (χ3v) is 6.73. The van der Waals surface area contributed by atoms with Crippen molar-refractivity contribution in [1.29, 1.82) is 0 Å². The van der Waals surface area contributed by atoms with Crippen molar-refractivity contribution in [3.8, 4) is 0 Å². The number of amides is 1. The Hall–Kier alpha value is -2.50. The minimum atomic E-state index is -0.136. The molecule has 0 radical (unpaired) electrons. The first-order valence-corrected chi connectivity index (χ1v) is 11.0. The van der Waals surface area contributed by atoms with Gasteiger partial charge in [-0.3, -0.25) is 4.79 Å². The van der Waals surface area contributed by atoms with Gasteiger partial charge in [0.05, 0.1) is 16.1 Å². The zero-order chi connectivity index (χ0) is 21.6. The maximum atomic E-state index is 12.5. The number of nitrogens with one attached hydrogen (secondary N) is 1. The molecule has 4 rings (SSSR count). The number of carbonyl (C=O) groups excluding carboxylic acids is 1. The van der Waals surface area contributed by atoms with E-state index in [1.54, 1.807) is 12.1 Å². The number of hydrogen-bond donors (Lipinski definition) is 1. The third kappa shape index (κ3) is 3.92. The van der Waals surface area contributed by atoms with E-state index in [-0.39, 0.29) is 11.4 Å². The van der Waals surface area contributed by atoms with Gasteiger partial charge in [0.2, 0.25) is 0 Å². The molecule has 1 N–H and O–H groups in total. The van der Waals surface area contributed by atoms with Crippen LogP contribution in [0.5, 0.6) is 0 Å². The summed E-state index contributed by atoms with van der Waals surface area (Å²) < 4.78 is 0. The highest BCUT2D eigenvalue weighted by atomic mass is 35.5. The lowest BCUT2D eigenvalue weighted by Crippen LogP contribution is -2.42. The number of anilines is 1. The van der Waals surface area contributed by atoms with Gasteiger partial charge in [-0.05, 0) is 92.6 Å². The van der Waals surface area contributed by atoms with Gasteiger partial charge in [-0.2, -0.15) is 0 Å². The smallest absolute Gasteiger partial charge is 0.264 e. The van der Waals surface area contributed by atoms with Crippen LogP contribution in [0, 0.1) is 6.92 Å². The van der Waals surface area contributed by atoms with Gasteiger partial charge in [-0.15, -0.1) is 0 Å². The summed E-state index contributed by atoms with van der Waals surface area (Å²) in [5.41, 5.74) is 6.51. The predicted molar refractivity (Wildman–Crippen MR) is 130 cm³/mol. The molecule has 0 unspecified atom stereocenters. The van der Waals surface area contributed by atoms with Crippen molar-refractivity contribution in [3.63, 3.8) is 0 Å². The standard InChI is InChI=1S/C24H24ClN3OS/c1-14-9-20-19(15(2)13-24(3,4)28(20)5)10-16(14)11-21-22(29)27-23(30-21)26-18-8-6-7-17(25)12-18/h6-13H,1-5H3,(H,26,27,29)/b21-11+. The van der Waals surface area contributed by atoms with E-state index >= 15 is 0 Å². The summed E-state index contributed by atoms with van der Waals surface area (Å²) >= 11 is 7.37. The fourth-order valence-corrected chi connectivity index (χ4v) is 4.78. The Morgan fingerprint density at radius 2 is 1.97 bits per heavy atom. The lowest BCUT2D eigenvalue weighted by Gasteiger charge is -2.41. The number of aryl methyl sites for hydroxylation is 1. The molecule has 0 saturated carbocycles. The number of hydrogen-bond acceptors (Lipinski definition) is 4. The lowest BCUT2D eigenvalue weighted by atomic mass is 9.87. The molecule has 4 nitrogen and oxygen atoms in total. The van der Waals surface area contributed by atoms with Gasteiger partial charge in [0, 0.05) is 23.3 Å². The third-order valence-electron chi connectivity index (χ3n) is 5.58. The lowest BCUT2D eigenvalue weighted by molar-refractivity contribution is -0.115. The molecule has 2 aromatic rings. The van der Waals surface area contributed by atoms with E-state index in [4.69, 9.17) is 11.6 Å². The van der Waals surface area contributed by atoms with E-state index in [1.165, 1.54) is 28.6 Å². The number of carbonyl (C=O) groups is 1. The molecule has 6 heteroatoms. The van der Waals surface area contributed by atoms with Crippen molar-refractivity contribution in [2.24, 2.45) is 4.99 Å². The van der Waals surface area contributed by atoms with Gasteiger partial charge < -0.3 is 10.2 Å². The van der Waals surface area contributed by atoms with Crippen molar-refractivity contribution < 1.29 is 4.79 Å². The van der Waals surface area contributed by atoms with E-state index < -0.39 is 0 Å². The quantitative estimate of drug-likeness (QED) is 0.571. The van der Waals surface area contributed by atoms with Crippen LogP contribution in [0.1, 0.15) is 37.5 Å². The topological polar surface area (TPSA) is 44.7 Å². The Balaban J connectivity index is 1.67. The highest BCUT2D eigenvalue weighted by Gasteiger charge is 2.29. The number of amidine groups is 1. The van der Waals surface area contributed by atoms with Crippen molar-refractivity contribution in [3.05, 3.63) is 69.1 Å². The zero-order valence-electron chi connectivity index (χ0n) is 17.7. The van der Waals surface area contributed by atoms with Gasteiger partial charge >= 0.3 is 0 Å². The van der Waals surface area contributed by atoms with Crippen LogP contribution < -0.4 is 10.2 Å². The molecule has 30 heavy (non-hydrogen) atoms. The molecular weight excluding hydrogens is 414 g/mol. The molecule has 2 aliphatic heterocycles. The number of rotatable bonds is 2. The normalized spacial score (nSPS) is 20.4. The molecule has 2 heterocycles. The fourth-order valence-electron chi connectivity index (χ4n) is 3.76. The molecular formula is C24H24ClN3OS. The van der Waals surface area contributed by atoms with Gasteiger partial charge in [0.25, 0.3) is 5.91 Å². The van der Waals surface area contributed by atoms with Crippen LogP contribution >= 0.6 is 23.4 Å². The van der Waals surface area contributed by atoms with E-state index in [0.29, 0.717) is 20.8 Å². The molecule has 0 aromatic heterocycles. The summed E-state index contributed by atoms with van der Waals surface area (Å²) in [7, 11) is 2.12. The van der Waals surface area contributed by atoms with Crippen LogP contribution in [0.15, 0.2) is 52.4 Å². The second kappa shape index (κ2) is 7.64. The molecule has 154 valence electrons. The maximum absolute atomic E-state index is 12.5. The van der Waals surface area contributed by atoms with E-state index in [9.17, 15) is 4.79 Å². The summed E-state index contributed by atoms with van der Waals surface area (Å²) in [6.45, 7) is 8.65. The van der Waals surface area contributed by atoms with Crippen molar-refractivity contribution in [1.82, 2.24) is 5.32 Å². The number of benzene rings is 2.